The number of nitrogens with one attached hydrogen (secondary N) is 2. The molecule has 124 valence electrons. The van der Waals surface area contributed by atoms with E-state index in [2.05, 4.69) is 26.6 Å². The Kier molecular flexibility index (Phi) is 4.85. The van der Waals surface area contributed by atoms with Gasteiger partial charge in [-0.05, 0) is 43.7 Å². The van der Waals surface area contributed by atoms with Gasteiger partial charge in [-0.3, -0.25) is 4.79 Å². The number of benzene rings is 2. The number of hydrogen-bond donors (Lipinski definition) is 2. The van der Waals surface area contributed by atoms with E-state index in [1.54, 1.807) is 17.0 Å². The molecule has 1 atom stereocenters. The molecule has 2 N–H and O–H groups in total. The van der Waals surface area contributed by atoms with Crippen LogP contribution in [0.3, 0.4) is 0 Å². The zero-order valence-electron chi connectivity index (χ0n) is 13.3. The summed E-state index contributed by atoms with van der Waals surface area (Å²) in [7, 11) is 0. The fourth-order valence-electron chi connectivity index (χ4n) is 2.69. The molecule has 0 aliphatic carbocycles. The molecule has 5 nitrogen and oxygen atoms in total. The van der Waals surface area contributed by atoms with Gasteiger partial charge in [-0.1, -0.05) is 39.7 Å². The molecule has 1 heterocycles. The largest absolute Gasteiger partial charge is 0.326 e. The van der Waals surface area contributed by atoms with Crippen LogP contribution in [0.15, 0.2) is 53.0 Å². The summed E-state index contributed by atoms with van der Waals surface area (Å²) in [5, 5.41) is 5.49. The van der Waals surface area contributed by atoms with Crippen LogP contribution in [-0.4, -0.2) is 24.5 Å². The summed E-state index contributed by atoms with van der Waals surface area (Å²) < 4.78 is 0.878. The van der Waals surface area contributed by atoms with Crippen LogP contribution in [0.5, 0.6) is 0 Å². The minimum absolute atomic E-state index is 0.0803. The third kappa shape index (κ3) is 3.76. The fourth-order valence-corrected chi connectivity index (χ4v) is 3.09. The molecule has 1 aliphatic rings. The van der Waals surface area contributed by atoms with Crippen LogP contribution in [0.2, 0.25) is 0 Å². The smallest absolute Gasteiger partial charge is 0.319 e. The summed E-state index contributed by atoms with van der Waals surface area (Å²) in [6.45, 7) is 2.61. The Bertz CT molecular complexity index is 761. The maximum atomic E-state index is 12.5. The number of anilines is 2. The SMILES string of the molecule is Cc1ccc(N2CCC(NC(=O)Nc3cccc(Br)c3)C2=O)cc1. The Balaban J connectivity index is 1.61. The molecule has 1 saturated heterocycles. The summed E-state index contributed by atoms with van der Waals surface area (Å²) in [5.74, 6) is -0.0803. The van der Waals surface area contributed by atoms with E-state index in [0.29, 0.717) is 18.7 Å². The molecule has 6 heteroatoms. The lowest BCUT2D eigenvalue weighted by Crippen LogP contribution is -2.43. The Hall–Kier alpha value is -2.34. The highest BCUT2D eigenvalue weighted by Gasteiger charge is 2.33. The number of halogens is 1. The molecule has 2 aromatic carbocycles. The van der Waals surface area contributed by atoms with E-state index in [-0.39, 0.29) is 11.9 Å². The Labute approximate surface area is 149 Å². The van der Waals surface area contributed by atoms with Crippen LogP contribution in [0.4, 0.5) is 16.2 Å². The Morgan fingerprint density at radius 3 is 2.67 bits per heavy atom. The fraction of sp³-hybridized carbons (Fsp3) is 0.222. The average Bonchev–Trinajstić information content (AvgIpc) is 2.89. The van der Waals surface area contributed by atoms with E-state index in [4.69, 9.17) is 0 Å². The second-order valence-corrected chi connectivity index (χ2v) is 6.69. The van der Waals surface area contributed by atoms with Crippen LogP contribution in [-0.2, 0) is 4.79 Å². The van der Waals surface area contributed by atoms with Crippen molar-refractivity contribution in [1.29, 1.82) is 0 Å². The molecule has 1 aliphatic heterocycles. The number of nitrogens with zero attached hydrogens (tertiary/aromatic N) is 1. The van der Waals surface area contributed by atoms with Crippen molar-refractivity contribution < 1.29 is 9.59 Å². The molecule has 3 rings (SSSR count). The molecule has 0 spiro atoms. The van der Waals surface area contributed by atoms with E-state index in [1.807, 2.05) is 43.3 Å². The number of rotatable bonds is 3. The van der Waals surface area contributed by atoms with Crippen molar-refractivity contribution in [2.24, 2.45) is 0 Å². The zero-order chi connectivity index (χ0) is 17.1. The molecule has 24 heavy (non-hydrogen) atoms. The number of urea groups is 1. The summed E-state index contributed by atoms with van der Waals surface area (Å²) in [4.78, 5) is 26.3. The summed E-state index contributed by atoms with van der Waals surface area (Å²) in [6.07, 6.45) is 0.596. The lowest BCUT2D eigenvalue weighted by Gasteiger charge is -2.17. The summed E-state index contributed by atoms with van der Waals surface area (Å²) >= 11 is 3.36. The molecule has 1 fully saturated rings. The molecular formula is C18H18BrN3O2. The molecule has 2 aromatic rings. The van der Waals surface area contributed by atoms with Gasteiger partial charge < -0.3 is 15.5 Å². The third-order valence-electron chi connectivity index (χ3n) is 3.94. The number of carbonyl (C=O) groups is 2. The summed E-state index contributed by atoms with van der Waals surface area (Å²) in [5.41, 5.74) is 2.68. The van der Waals surface area contributed by atoms with Crippen molar-refractivity contribution in [1.82, 2.24) is 5.32 Å². The standard InChI is InChI=1S/C18H18BrN3O2/c1-12-5-7-15(8-6-12)22-10-9-16(17(22)23)21-18(24)20-14-4-2-3-13(19)11-14/h2-8,11,16H,9-10H2,1H3,(H2,20,21,24). The van der Waals surface area contributed by atoms with Gasteiger partial charge in [0.25, 0.3) is 0 Å². The highest BCUT2D eigenvalue weighted by Crippen LogP contribution is 2.22. The monoisotopic (exact) mass is 387 g/mol. The maximum Gasteiger partial charge on any atom is 0.319 e. The first kappa shape index (κ1) is 16.5. The van der Waals surface area contributed by atoms with Crippen molar-refractivity contribution in [3.63, 3.8) is 0 Å². The molecule has 0 radical (unpaired) electrons. The first-order valence-electron chi connectivity index (χ1n) is 7.74. The highest BCUT2D eigenvalue weighted by atomic mass is 79.9. The topological polar surface area (TPSA) is 61.4 Å². The van der Waals surface area contributed by atoms with Gasteiger partial charge in [0.15, 0.2) is 0 Å². The van der Waals surface area contributed by atoms with Gasteiger partial charge in [0.2, 0.25) is 5.91 Å². The highest BCUT2D eigenvalue weighted by molar-refractivity contribution is 9.10. The molecular weight excluding hydrogens is 370 g/mol. The quantitative estimate of drug-likeness (QED) is 0.843. The van der Waals surface area contributed by atoms with E-state index < -0.39 is 6.04 Å². The van der Waals surface area contributed by atoms with Gasteiger partial charge in [0, 0.05) is 22.4 Å². The number of hydrogen-bond acceptors (Lipinski definition) is 2. The van der Waals surface area contributed by atoms with Crippen LogP contribution < -0.4 is 15.5 Å². The Morgan fingerprint density at radius 1 is 1.21 bits per heavy atom. The van der Waals surface area contributed by atoms with Crippen LogP contribution in [0.25, 0.3) is 0 Å². The van der Waals surface area contributed by atoms with Gasteiger partial charge in [-0.15, -0.1) is 0 Å². The van der Waals surface area contributed by atoms with Gasteiger partial charge >= 0.3 is 6.03 Å². The van der Waals surface area contributed by atoms with Crippen molar-refractivity contribution in [2.75, 3.05) is 16.8 Å². The molecule has 0 aromatic heterocycles. The van der Waals surface area contributed by atoms with Crippen molar-refractivity contribution in [2.45, 2.75) is 19.4 Å². The summed E-state index contributed by atoms with van der Waals surface area (Å²) in [6, 6.07) is 14.2. The normalized spacial score (nSPS) is 17.0. The van der Waals surface area contributed by atoms with Gasteiger partial charge in [0.05, 0.1) is 0 Å². The molecule has 1 unspecified atom stereocenters. The van der Waals surface area contributed by atoms with Crippen LogP contribution in [0.1, 0.15) is 12.0 Å². The van der Waals surface area contributed by atoms with E-state index >= 15 is 0 Å². The second-order valence-electron chi connectivity index (χ2n) is 5.78. The molecule has 0 saturated carbocycles. The number of carbonyl (C=O) groups excluding carboxylic acids is 2. The zero-order valence-corrected chi connectivity index (χ0v) is 14.8. The van der Waals surface area contributed by atoms with Crippen LogP contribution in [0, 0.1) is 6.92 Å². The van der Waals surface area contributed by atoms with Gasteiger partial charge in [0.1, 0.15) is 6.04 Å². The minimum Gasteiger partial charge on any atom is -0.326 e. The first-order chi connectivity index (χ1) is 11.5. The maximum absolute atomic E-state index is 12.5. The number of aryl methyl sites for hydroxylation is 1. The van der Waals surface area contributed by atoms with Crippen molar-refractivity contribution in [3.05, 3.63) is 58.6 Å². The predicted molar refractivity (Wildman–Crippen MR) is 98.2 cm³/mol. The molecule has 0 bridgehead atoms. The third-order valence-corrected chi connectivity index (χ3v) is 4.43. The first-order valence-corrected chi connectivity index (χ1v) is 8.53. The number of amides is 3. The molecule has 3 amide bonds. The Morgan fingerprint density at radius 2 is 1.96 bits per heavy atom. The minimum atomic E-state index is -0.501. The average molecular weight is 388 g/mol. The van der Waals surface area contributed by atoms with Gasteiger partial charge in [-0.25, -0.2) is 4.79 Å². The lowest BCUT2D eigenvalue weighted by molar-refractivity contribution is -0.118. The van der Waals surface area contributed by atoms with E-state index in [9.17, 15) is 9.59 Å². The van der Waals surface area contributed by atoms with Crippen LogP contribution >= 0.6 is 15.9 Å². The van der Waals surface area contributed by atoms with E-state index in [0.717, 1.165) is 15.7 Å². The van der Waals surface area contributed by atoms with Gasteiger partial charge in [-0.2, -0.15) is 0 Å². The van der Waals surface area contributed by atoms with Crippen molar-refractivity contribution in [3.8, 4) is 0 Å². The second kappa shape index (κ2) is 7.05. The lowest BCUT2D eigenvalue weighted by atomic mass is 10.2. The van der Waals surface area contributed by atoms with E-state index in [1.165, 1.54) is 0 Å². The predicted octanol–water partition coefficient (Wildman–Crippen LogP) is 3.68. The van der Waals surface area contributed by atoms with Crippen molar-refractivity contribution >= 4 is 39.2 Å².